The normalized spacial score (nSPS) is 10.7. The Balaban J connectivity index is 1.54. The lowest BCUT2D eigenvalue weighted by Gasteiger charge is -2.11. The van der Waals surface area contributed by atoms with Crippen molar-refractivity contribution in [2.45, 2.75) is 13.3 Å². The Bertz CT molecular complexity index is 1330. The third kappa shape index (κ3) is 4.88. The summed E-state index contributed by atoms with van der Waals surface area (Å²) in [7, 11) is 3.18. The Labute approximate surface area is 198 Å². The number of hydrogen-bond acceptors (Lipinski definition) is 4. The largest absolute Gasteiger partial charge is 0.493 e. The van der Waals surface area contributed by atoms with E-state index in [4.69, 9.17) is 9.47 Å². The minimum atomic E-state index is -0.294. The molecule has 3 N–H and O–H groups in total. The number of aromatic amines is 1. The highest BCUT2D eigenvalue weighted by Crippen LogP contribution is 2.30. The maximum Gasteiger partial charge on any atom is 0.269 e. The van der Waals surface area contributed by atoms with Crippen molar-refractivity contribution in [2.75, 3.05) is 26.1 Å². The second-order valence-corrected chi connectivity index (χ2v) is 7.94. The lowest BCUT2D eigenvalue weighted by molar-refractivity contribution is 0.0951. The van der Waals surface area contributed by atoms with E-state index in [9.17, 15) is 9.59 Å². The highest BCUT2D eigenvalue weighted by atomic mass is 16.5. The van der Waals surface area contributed by atoms with E-state index in [1.165, 1.54) is 0 Å². The number of carbonyl (C=O) groups is 2. The number of rotatable bonds is 8. The number of aryl methyl sites for hydroxylation is 1. The fraction of sp³-hybridized carbons (Fsp3) is 0.185. The van der Waals surface area contributed by atoms with Gasteiger partial charge in [-0.1, -0.05) is 35.9 Å². The van der Waals surface area contributed by atoms with Crippen molar-refractivity contribution in [1.29, 1.82) is 0 Å². The van der Waals surface area contributed by atoms with Crippen molar-refractivity contribution in [1.82, 2.24) is 10.3 Å². The Morgan fingerprint density at radius 3 is 2.38 bits per heavy atom. The molecule has 1 aromatic heterocycles. The quantitative estimate of drug-likeness (QED) is 0.357. The van der Waals surface area contributed by atoms with Crippen molar-refractivity contribution in [3.63, 3.8) is 0 Å². The molecule has 0 unspecified atom stereocenters. The van der Waals surface area contributed by atoms with Gasteiger partial charge in [0.25, 0.3) is 11.8 Å². The number of anilines is 1. The van der Waals surface area contributed by atoms with Crippen molar-refractivity contribution in [2.24, 2.45) is 0 Å². The summed E-state index contributed by atoms with van der Waals surface area (Å²) in [5.74, 6) is 0.728. The maximum absolute atomic E-state index is 13.1. The average Bonchev–Trinajstić information content (AvgIpc) is 3.21. The second-order valence-electron chi connectivity index (χ2n) is 7.94. The molecular formula is C27H27N3O4. The van der Waals surface area contributed by atoms with Crippen LogP contribution in [-0.2, 0) is 6.42 Å². The van der Waals surface area contributed by atoms with Crippen molar-refractivity contribution in [3.05, 3.63) is 89.1 Å². The Morgan fingerprint density at radius 1 is 0.882 bits per heavy atom. The number of nitrogens with one attached hydrogen (secondary N) is 3. The number of benzene rings is 3. The smallest absolute Gasteiger partial charge is 0.269 e. The number of amides is 2. The van der Waals surface area contributed by atoms with Crippen LogP contribution >= 0.6 is 0 Å². The molecule has 4 aromatic rings. The van der Waals surface area contributed by atoms with Crippen LogP contribution in [0.4, 0.5) is 5.69 Å². The summed E-state index contributed by atoms with van der Waals surface area (Å²) in [5.41, 5.74) is 4.11. The summed E-state index contributed by atoms with van der Waals surface area (Å²) in [5, 5.41) is 6.67. The highest BCUT2D eigenvalue weighted by Gasteiger charge is 2.20. The third-order valence-corrected chi connectivity index (χ3v) is 5.60. The molecule has 0 aliphatic rings. The van der Waals surface area contributed by atoms with Crippen LogP contribution in [-0.4, -0.2) is 37.6 Å². The predicted octanol–water partition coefficient (Wildman–Crippen LogP) is 4.72. The maximum atomic E-state index is 13.1. The molecule has 0 saturated heterocycles. The van der Waals surface area contributed by atoms with Gasteiger partial charge in [-0.15, -0.1) is 0 Å². The molecule has 7 nitrogen and oxygen atoms in total. The van der Waals surface area contributed by atoms with Crippen molar-refractivity contribution in [3.8, 4) is 11.5 Å². The van der Waals surface area contributed by atoms with Crippen molar-refractivity contribution < 1.29 is 19.1 Å². The van der Waals surface area contributed by atoms with E-state index in [1.807, 2.05) is 49.4 Å². The minimum Gasteiger partial charge on any atom is -0.493 e. The molecule has 7 heteroatoms. The van der Waals surface area contributed by atoms with Gasteiger partial charge in [-0.25, -0.2) is 0 Å². The molecule has 0 spiro atoms. The van der Waals surface area contributed by atoms with Crippen LogP contribution in [0.25, 0.3) is 10.9 Å². The van der Waals surface area contributed by atoms with E-state index in [0.717, 1.165) is 22.0 Å². The molecule has 0 aliphatic carbocycles. The molecule has 4 rings (SSSR count). The van der Waals surface area contributed by atoms with Crippen LogP contribution in [0.2, 0.25) is 0 Å². The number of hydrogen-bond donors (Lipinski definition) is 3. The number of aromatic nitrogens is 1. The molecule has 0 bridgehead atoms. The summed E-state index contributed by atoms with van der Waals surface area (Å²) >= 11 is 0. The molecular weight excluding hydrogens is 430 g/mol. The van der Waals surface area contributed by atoms with Gasteiger partial charge < -0.3 is 25.1 Å². The zero-order chi connectivity index (χ0) is 24.1. The lowest BCUT2D eigenvalue weighted by atomic mass is 10.1. The first-order chi connectivity index (χ1) is 16.5. The summed E-state index contributed by atoms with van der Waals surface area (Å²) in [6.07, 6.45) is 0.608. The van der Waals surface area contributed by atoms with Gasteiger partial charge >= 0.3 is 0 Å². The molecule has 0 aliphatic heterocycles. The Kier molecular flexibility index (Phi) is 6.82. The molecule has 1 heterocycles. The highest BCUT2D eigenvalue weighted by molar-refractivity contribution is 6.15. The first kappa shape index (κ1) is 22.9. The van der Waals surface area contributed by atoms with Gasteiger partial charge in [0.2, 0.25) is 0 Å². The zero-order valence-corrected chi connectivity index (χ0v) is 19.4. The number of carbonyl (C=O) groups excluding carboxylic acids is 2. The van der Waals surface area contributed by atoms with Gasteiger partial charge in [-0.05, 0) is 55.3 Å². The van der Waals surface area contributed by atoms with Crippen LogP contribution in [0.15, 0.2) is 66.7 Å². The molecule has 174 valence electrons. The molecule has 0 atom stereocenters. The van der Waals surface area contributed by atoms with Gasteiger partial charge in [-0.3, -0.25) is 9.59 Å². The number of fused-ring (bicyclic) bond motifs is 1. The van der Waals surface area contributed by atoms with Crippen LogP contribution in [0, 0.1) is 6.92 Å². The van der Waals surface area contributed by atoms with Crippen LogP contribution in [0.5, 0.6) is 11.5 Å². The molecule has 34 heavy (non-hydrogen) atoms. The predicted molar refractivity (Wildman–Crippen MR) is 133 cm³/mol. The Hall–Kier alpha value is -4.26. The van der Waals surface area contributed by atoms with Crippen LogP contribution in [0.1, 0.15) is 32.0 Å². The van der Waals surface area contributed by atoms with Gasteiger partial charge in [0.05, 0.1) is 19.9 Å². The fourth-order valence-electron chi connectivity index (χ4n) is 3.83. The van der Waals surface area contributed by atoms with E-state index in [0.29, 0.717) is 41.4 Å². The molecule has 3 aromatic carbocycles. The zero-order valence-electron chi connectivity index (χ0n) is 19.4. The lowest BCUT2D eigenvalue weighted by Crippen LogP contribution is -2.27. The van der Waals surface area contributed by atoms with Crippen molar-refractivity contribution >= 4 is 28.4 Å². The SMILES string of the molecule is COc1ccc(CCNC(=O)c2[nH]c3ccc(C)cc3c2NC(=O)c2ccccc2)cc1OC. The summed E-state index contributed by atoms with van der Waals surface area (Å²) in [6.45, 7) is 2.38. The molecule has 0 radical (unpaired) electrons. The second kappa shape index (κ2) is 10.1. The summed E-state index contributed by atoms with van der Waals surface area (Å²) < 4.78 is 10.6. The summed E-state index contributed by atoms with van der Waals surface area (Å²) in [6, 6.07) is 20.4. The van der Waals surface area contributed by atoms with E-state index < -0.39 is 0 Å². The van der Waals surface area contributed by atoms with Gasteiger partial charge in [0, 0.05) is 23.0 Å². The standard InChI is InChI=1S/C27H27N3O4/c1-17-9-11-21-20(15-17)24(30-26(31)19-7-5-4-6-8-19)25(29-21)27(32)28-14-13-18-10-12-22(33-2)23(16-18)34-3/h4-12,15-16,29H,13-14H2,1-3H3,(H,28,32)(H,30,31). The van der Waals surface area contributed by atoms with Crippen LogP contribution in [0.3, 0.4) is 0 Å². The average molecular weight is 458 g/mol. The van der Waals surface area contributed by atoms with E-state index in [-0.39, 0.29) is 11.8 Å². The van der Waals surface area contributed by atoms with Gasteiger partial charge in [0.15, 0.2) is 11.5 Å². The number of H-pyrrole nitrogens is 1. The monoisotopic (exact) mass is 457 g/mol. The Morgan fingerprint density at radius 2 is 1.65 bits per heavy atom. The van der Waals surface area contributed by atoms with Gasteiger partial charge in [-0.2, -0.15) is 0 Å². The first-order valence-corrected chi connectivity index (χ1v) is 11.0. The topological polar surface area (TPSA) is 92.5 Å². The fourth-order valence-corrected chi connectivity index (χ4v) is 3.83. The summed E-state index contributed by atoms with van der Waals surface area (Å²) in [4.78, 5) is 29.1. The van der Waals surface area contributed by atoms with E-state index in [1.54, 1.807) is 38.5 Å². The number of methoxy groups -OCH3 is 2. The van der Waals surface area contributed by atoms with E-state index in [2.05, 4.69) is 15.6 Å². The molecule has 0 fully saturated rings. The van der Waals surface area contributed by atoms with E-state index >= 15 is 0 Å². The minimum absolute atomic E-state index is 0.276. The number of ether oxygens (including phenoxy) is 2. The van der Waals surface area contributed by atoms with Crippen LogP contribution < -0.4 is 20.1 Å². The third-order valence-electron chi connectivity index (χ3n) is 5.60. The molecule has 0 saturated carbocycles. The van der Waals surface area contributed by atoms with Gasteiger partial charge in [0.1, 0.15) is 5.69 Å². The molecule has 2 amide bonds. The first-order valence-electron chi connectivity index (χ1n) is 11.0.